The van der Waals surface area contributed by atoms with Crippen molar-refractivity contribution in [3.63, 3.8) is 0 Å². The van der Waals surface area contributed by atoms with Gasteiger partial charge in [-0.25, -0.2) is 4.98 Å². The highest BCUT2D eigenvalue weighted by molar-refractivity contribution is 6.35. The molecule has 0 atom stereocenters. The number of pyridine rings is 2. The van der Waals surface area contributed by atoms with Gasteiger partial charge >= 0.3 is 0 Å². The molecule has 2 aromatic heterocycles. The third-order valence-corrected chi connectivity index (χ3v) is 3.90. The molecule has 7 heteroatoms. The zero-order chi connectivity index (χ0) is 21.6. The van der Waals surface area contributed by atoms with Gasteiger partial charge in [0.2, 0.25) is 5.88 Å². The molecule has 0 saturated carbocycles. The Hall–Kier alpha value is -2.63. The molecule has 0 aliphatic rings. The van der Waals surface area contributed by atoms with E-state index in [-0.39, 0.29) is 5.91 Å². The van der Waals surface area contributed by atoms with Gasteiger partial charge in [0.1, 0.15) is 5.75 Å². The topological polar surface area (TPSA) is 64.1 Å². The van der Waals surface area contributed by atoms with E-state index in [1.807, 2.05) is 27.7 Å². The summed E-state index contributed by atoms with van der Waals surface area (Å²) in [6, 6.07) is 11.9. The summed E-state index contributed by atoms with van der Waals surface area (Å²) in [5.41, 5.74) is 1.20. The molecule has 1 N–H and O–H groups in total. The van der Waals surface area contributed by atoms with Gasteiger partial charge in [-0.3, -0.25) is 9.78 Å². The zero-order valence-corrected chi connectivity index (χ0v) is 18.5. The quantitative estimate of drug-likeness (QED) is 0.494. The lowest BCUT2D eigenvalue weighted by Crippen LogP contribution is -2.23. The van der Waals surface area contributed by atoms with E-state index in [9.17, 15) is 4.79 Å². The maximum Gasteiger partial charge on any atom is 0.253 e. The summed E-state index contributed by atoms with van der Waals surface area (Å²) in [7, 11) is 0. The highest BCUT2D eigenvalue weighted by Gasteiger charge is 2.08. The van der Waals surface area contributed by atoms with Crippen molar-refractivity contribution in [3.05, 3.63) is 82.2 Å². The van der Waals surface area contributed by atoms with Crippen LogP contribution in [0.25, 0.3) is 0 Å². The summed E-state index contributed by atoms with van der Waals surface area (Å²) < 4.78 is 5.53. The van der Waals surface area contributed by atoms with Crippen LogP contribution in [0.3, 0.4) is 0 Å². The third kappa shape index (κ3) is 8.10. The van der Waals surface area contributed by atoms with E-state index in [0.29, 0.717) is 33.8 Å². The number of benzene rings is 1. The number of carbonyl (C=O) groups is 1. The summed E-state index contributed by atoms with van der Waals surface area (Å²) in [5, 5.41) is 3.84. The number of rotatable bonds is 5. The first-order valence-corrected chi connectivity index (χ1v) is 10.1. The molecule has 0 bridgehead atoms. The van der Waals surface area contributed by atoms with Gasteiger partial charge in [-0.2, -0.15) is 0 Å². The number of nitrogens with zero attached hydrogens (tertiary/aromatic N) is 2. The summed E-state index contributed by atoms with van der Waals surface area (Å²) >= 11 is 11.9. The molecule has 0 aliphatic heterocycles. The van der Waals surface area contributed by atoms with Crippen molar-refractivity contribution in [2.24, 2.45) is 0 Å². The van der Waals surface area contributed by atoms with E-state index in [4.69, 9.17) is 27.9 Å². The average Bonchev–Trinajstić information content (AvgIpc) is 2.77. The molecule has 3 rings (SSSR count). The maximum atomic E-state index is 12.2. The van der Waals surface area contributed by atoms with Gasteiger partial charge in [0.15, 0.2) is 0 Å². The van der Waals surface area contributed by atoms with Crippen molar-refractivity contribution < 1.29 is 9.53 Å². The Labute approximate surface area is 182 Å². The molecule has 29 heavy (non-hydrogen) atoms. The predicted octanol–water partition coefficient (Wildman–Crippen LogP) is 6.56. The highest BCUT2D eigenvalue weighted by atomic mass is 35.5. The van der Waals surface area contributed by atoms with Crippen LogP contribution in [0.1, 0.15) is 43.6 Å². The van der Waals surface area contributed by atoms with Crippen molar-refractivity contribution in [2.45, 2.75) is 34.2 Å². The van der Waals surface area contributed by atoms with E-state index >= 15 is 0 Å². The van der Waals surface area contributed by atoms with Crippen LogP contribution in [0.4, 0.5) is 0 Å². The van der Waals surface area contributed by atoms with E-state index < -0.39 is 0 Å². The van der Waals surface area contributed by atoms with Gasteiger partial charge in [-0.1, -0.05) is 57.0 Å². The second-order valence-electron chi connectivity index (χ2n) is 5.09. The molecule has 0 saturated heterocycles. The molecule has 1 aromatic carbocycles. The Kier molecular flexibility index (Phi) is 11.4. The Morgan fingerprint density at radius 2 is 1.79 bits per heavy atom. The van der Waals surface area contributed by atoms with Crippen LogP contribution in [0.2, 0.25) is 10.0 Å². The van der Waals surface area contributed by atoms with Crippen LogP contribution in [0.15, 0.2) is 61.1 Å². The van der Waals surface area contributed by atoms with Gasteiger partial charge < -0.3 is 10.1 Å². The Balaban J connectivity index is 0.000000989. The van der Waals surface area contributed by atoms with Crippen LogP contribution >= 0.6 is 23.2 Å². The standard InChI is InChI=1S/C18H13Cl2N3O2.2C2H6/c19-14-5-3-12(16(20)8-14)9-23-18(24)13-4-6-17(22-10-13)25-15-2-1-7-21-11-15;2*1-2/h1-8,10-11H,9H2,(H,23,24);2*1-2H3. The number of carbonyl (C=O) groups excluding carboxylic acids is 1. The minimum absolute atomic E-state index is 0.258. The van der Waals surface area contributed by atoms with Gasteiger partial charge in [-0.05, 0) is 35.9 Å². The van der Waals surface area contributed by atoms with Gasteiger partial charge in [0.25, 0.3) is 5.91 Å². The minimum Gasteiger partial charge on any atom is -0.437 e. The molecule has 5 nitrogen and oxygen atoms in total. The summed E-state index contributed by atoms with van der Waals surface area (Å²) in [4.78, 5) is 20.3. The van der Waals surface area contributed by atoms with Crippen molar-refractivity contribution in [3.8, 4) is 11.6 Å². The molecular formula is C22H25Cl2N3O2. The summed E-state index contributed by atoms with van der Waals surface area (Å²) in [6.45, 7) is 8.29. The highest BCUT2D eigenvalue weighted by Crippen LogP contribution is 2.21. The fraction of sp³-hybridized carbons (Fsp3) is 0.227. The van der Waals surface area contributed by atoms with Crippen molar-refractivity contribution in [1.82, 2.24) is 15.3 Å². The number of aromatic nitrogens is 2. The predicted molar refractivity (Wildman–Crippen MR) is 119 cm³/mol. The summed E-state index contributed by atoms with van der Waals surface area (Å²) in [5.74, 6) is 0.696. The number of halogens is 2. The number of hydrogen-bond donors (Lipinski definition) is 1. The molecule has 0 aliphatic carbocycles. The van der Waals surface area contributed by atoms with Gasteiger partial charge in [-0.15, -0.1) is 0 Å². The second-order valence-corrected chi connectivity index (χ2v) is 5.94. The van der Waals surface area contributed by atoms with Crippen LogP contribution in [0.5, 0.6) is 11.6 Å². The van der Waals surface area contributed by atoms with Crippen molar-refractivity contribution in [1.29, 1.82) is 0 Å². The first-order chi connectivity index (χ1) is 14.1. The Morgan fingerprint density at radius 1 is 1.03 bits per heavy atom. The smallest absolute Gasteiger partial charge is 0.253 e. The van der Waals surface area contributed by atoms with Crippen LogP contribution < -0.4 is 10.1 Å². The first-order valence-electron chi connectivity index (χ1n) is 9.38. The fourth-order valence-corrected chi connectivity index (χ4v) is 2.52. The monoisotopic (exact) mass is 433 g/mol. The Bertz CT molecular complexity index is 873. The number of amides is 1. The molecule has 0 unspecified atom stereocenters. The largest absolute Gasteiger partial charge is 0.437 e. The Morgan fingerprint density at radius 3 is 2.38 bits per heavy atom. The number of ether oxygens (including phenoxy) is 1. The molecule has 2 heterocycles. The van der Waals surface area contributed by atoms with Crippen molar-refractivity contribution in [2.75, 3.05) is 0 Å². The molecule has 0 spiro atoms. The molecule has 0 fully saturated rings. The van der Waals surface area contributed by atoms with Crippen LogP contribution in [-0.4, -0.2) is 15.9 Å². The summed E-state index contributed by atoms with van der Waals surface area (Å²) in [6.07, 6.45) is 4.68. The maximum absolute atomic E-state index is 12.2. The molecule has 154 valence electrons. The molecular weight excluding hydrogens is 409 g/mol. The second kappa shape index (κ2) is 13.5. The lowest BCUT2D eigenvalue weighted by atomic mass is 10.2. The van der Waals surface area contributed by atoms with E-state index in [0.717, 1.165) is 5.56 Å². The van der Waals surface area contributed by atoms with E-state index in [1.54, 1.807) is 54.9 Å². The molecule has 0 radical (unpaired) electrons. The molecule has 3 aromatic rings. The van der Waals surface area contributed by atoms with Gasteiger partial charge in [0, 0.05) is 35.1 Å². The van der Waals surface area contributed by atoms with Crippen LogP contribution in [0, 0.1) is 0 Å². The van der Waals surface area contributed by atoms with Gasteiger partial charge in [0.05, 0.1) is 11.8 Å². The lowest BCUT2D eigenvalue weighted by molar-refractivity contribution is 0.0950. The van der Waals surface area contributed by atoms with Crippen molar-refractivity contribution >= 4 is 29.1 Å². The van der Waals surface area contributed by atoms with E-state index in [2.05, 4.69) is 15.3 Å². The zero-order valence-electron chi connectivity index (χ0n) is 16.9. The van der Waals surface area contributed by atoms with Crippen LogP contribution in [-0.2, 0) is 6.54 Å². The first kappa shape index (κ1) is 24.4. The lowest BCUT2D eigenvalue weighted by Gasteiger charge is -2.08. The third-order valence-electron chi connectivity index (χ3n) is 3.31. The van der Waals surface area contributed by atoms with E-state index in [1.165, 1.54) is 6.20 Å². The average molecular weight is 434 g/mol. The SMILES string of the molecule is CC.CC.O=C(NCc1ccc(Cl)cc1Cl)c1ccc(Oc2cccnc2)nc1. The minimum atomic E-state index is -0.258. The number of hydrogen-bond acceptors (Lipinski definition) is 4. The number of nitrogens with one attached hydrogen (secondary N) is 1. The fourth-order valence-electron chi connectivity index (χ4n) is 2.05. The normalized spacial score (nSPS) is 9.31. The molecule has 1 amide bonds.